The Bertz CT molecular complexity index is 1050. The summed E-state index contributed by atoms with van der Waals surface area (Å²) < 4.78 is 22.8. The smallest absolute Gasteiger partial charge is 0.231 e. The van der Waals surface area contributed by atoms with Crippen LogP contribution in [0.15, 0.2) is 41.1 Å². The Balaban J connectivity index is 1.19. The van der Waals surface area contributed by atoms with E-state index in [1.54, 1.807) is 12.3 Å². The summed E-state index contributed by atoms with van der Waals surface area (Å²) in [6.45, 7) is 5.42. The van der Waals surface area contributed by atoms with E-state index < -0.39 is 0 Å². The molecule has 7 nitrogen and oxygen atoms in total. The predicted molar refractivity (Wildman–Crippen MR) is 115 cm³/mol. The molecule has 1 fully saturated rings. The van der Waals surface area contributed by atoms with Crippen LogP contribution in [-0.4, -0.2) is 40.9 Å². The number of halogens is 1. The van der Waals surface area contributed by atoms with E-state index in [4.69, 9.17) is 35.2 Å². The zero-order chi connectivity index (χ0) is 21.2. The zero-order valence-electron chi connectivity index (χ0n) is 17.3. The van der Waals surface area contributed by atoms with Crippen LogP contribution in [-0.2, 0) is 17.9 Å². The summed E-state index contributed by atoms with van der Waals surface area (Å²) in [5.74, 6) is 2.61. The van der Waals surface area contributed by atoms with Crippen molar-refractivity contribution < 1.29 is 18.6 Å². The van der Waals surface area contributed by atoms with Gasteiger partial charge in [0, 0.05) is 38.1 Å². The lowest BCUT2D eigenvalue weighted by molar-refractivity contribution is -0.00427. The van der Waals surface area contributed by atoms with E-state index in [2.05, 4.69) is 9.88 Å². The highest BCUT2D eigenvalue weighted by molar-refractivity contribution is 6.33. The maximum absolute atomic E-state index is 6.42. The molecule has 8 heteroatoms. The average molecular weight is 442 g/mol. The predicted octanol–water partition coefficient (Wildman–Crippen LogP) is 4.61. The van der Waals surface area contributed by atoms with Crippen molar-refractivity contribution in [2.45, 2.75) is 39.0 Å². The standard InChI is InChI=1S/C23H24ClN3O4/c1-15-20(26-23(31-15)18-9-21-22(10-19(18)24)30-14-29-21)12-27-7-4-17(5-8-27)28-13-16-3-2-6-25-11-16/h2-3,6,9-11,17H,4-5,7-8,12-14H2,1H3. The fraction of sp³-hybridized carbons (Fsp3) is 0.391. The van der Waals surface area contributed by atoms with Gasteiger partial charge in [0.2, 0.25) is 12.7 Å². The van der Waals surface area contributed by atoms with Crippen molar-refractivity contribution >= 4 is 11.6 Å². The van der Waals surface area contributed by atoms with Gasteiger partial charge < -0.3 is 18.6 Å². The van der Waals surface area contributed by atoms with Gasteiger partial charge in [0.25, 0.3) is 0 Å². The molecule has 5 rings (SSSR count). The number of hydrogen-bond acceptors (Lipinski definition) is 7. The topological polar surface area (TPSA) is 69.9 Å². The molecule has 2 aliphatic rings. The van der Waals surface area contributed by atoms with Crippen LogP contribution < -0.4 is 9.47 Å². The minimum absolute atomic E-state index is 0.201. The first-order valence-electron chi connectivity index (χ1n) is 10.4. The molecule has 0 bridgehead atoms. The van der Waals surface area contributed by atoms with Gasteiger partial charge in [-0.25, -0.2) is 4.98 Å². The van der Waals surface area contributed by atoms with Gasteiger partial charge in [0.15, 0.2) is 11.5 Å². The van der Waals surface area contributed by atoms with Crippen LogP contribution in [0.25, 0.3) is 11.5 Å². The summed E-state index contributed by atoms with van der Waals surface area (Å²) in [4.78, 5) is 11.3. The number of fused-ring (bicyclic) bond motifs is 1. The highest BCUT2D eigenvalue weighted by Crippen LogP contribution is 2.41. The molecule has 2 aromatic heterocycles. The van der Waals surface area contributed by atoms with Crippen molar-refractivity contribution in [1.29, 1.82) is 0 Å². The zero-order valence-corrected chi connectivity index (χ0v) is 18.1. The minimum Gasteiger partial charge on any atom is -0.454 e. The summed E-state index contributed by atoms with van der Waals surface area (Å²) in [7, 11) is 0. The summed E-state index contributed by atoms with van der Waals surface area (Å²) in [5.41, 5.74) is 2.75. The second-order valence-corrected chi connectivity index (χ2v) is 8.26. The molecular weight excluding hydrogens is 418 g/mol. The number of aryl methyl sites for hydroxylation is 1. The number of pyridine rings is 1. The van der Waals surface area contributed by atoms with Crippen LogP contribution in [0.3, 0.4) is 0 Å². The van der Waals surface area contributed by atoms with Gasteiger partial charge in [-0.1, -0.05) is 17.7 Å². The van der Waals surface area contributed by atoms with Gasteiger partial charge in [-0.3, -0.25) is 9.88 Å². The normalized spacial score (nSPS) is 16.7. The number of hydrogen-bond donors (Lipinski definition) is 0. The maximum atomic E-state index is 6.42. The van der Waals surface area contributed by atoms with E-state index >= 15 is 0 Å². The van der Waals surface area contributed by atoms with Gasteiger partial charge in [-0.05, 0) is 37.5 Å². The van der Waals surface area contributed by atoms with E-state index in [9.17, 15) is 0 Å². The van der Waals surface area contributed by atoms with E-state index in [0.717, 1.165) is 49.5 Å². The molecule has 0 amide bonds. The molecule has 1 aromatic carbocycles. The maximum Gasteiger partial charge on any atom is 0.231 e. The monoisotopic (exact) mass is 441 g/mol. The highest BCUT2D eigenvalue weighted by Gasteiger charge is 2.24. The Hall–Kier alpha value is -2.61. The van der Waals surface area contributed by atoms with Crippen LogP contribution in [0.5, 0.6) is 11.5 Å². The first kappa shape index (κ1) is 20.3. The highest BCUT2D eigenvalue weighted by atomic mass is 35.5. The van der Waals surface area contributed by atoms with Crippen molar-refractivity contribution in [3.63, 3.8) is 0 Å². The number of rotatable bonds is 6. The average Bonchev–Trinajstić information content (AvgIpc) is 3.39. The van der Waals surface area contributed by atoms with E-state index in [1.807, 2.05) is 31.3 Å². The van der Waals surface area contributed by atoms with Crippen molar-refractivity contribution in [3.05, 3.63) is 58.7 Å². The molecule has 0 N–H and O–H groups in total. The number of likely N-dealkylation sites (tertiary alicyclic amines) is 1. The lowest BCUT2D eigenvalue weighted by Crippen LogP contribution is -2.36. The molecule has 0 saturated carbocycles. The Labute approximate surface area is 185 Å². The summed E-state index contributed by atoms with van der Waals surface area (Å²) in [6.07, 6.45) is 5.90. The summed E-state index contributed by atoms with van der Waals surface area (Å²) in [5, 5.41) is 0.531. The number of ether oxygens (including phenoxy) is 3. The summed E-state index contributed by atoms with van der Waals surface area (Å²) in [6, 6.07) is 7.55. The second kappa shape index (κ2) is 8.86. The van der Waals surface area contributed by atoms with Gasteiger partial charge in [0.05, 0.1) is 29.0 Å². The number of oxazole rings is 1. The molecule has 0 aliphatic carbocycles. The fourth-order valence-corrected chi connectivity index (χ4v) is 4.15. The number of piperidine rings is 1. The lowest BCUT2D eigenvalue weighted by atomic mass is 10.1. The SMILES string of the molecule is Cc1oc(-c2cc3c(cc2Cl)OCO3)nc1CN1CCC(OCc2cccnc2)CC1. The molecular formula is C23H24ClN3O4. The Morgan fingerprint density at radius 2 is 2.00 bits per heavy atom. The quantitative estimate of drug-likeness (QED) is 0.553. The third kappa shape index (κ3) is 4.54. The second-order valence-electron chi connectivity index (χ2n) is 7.85. The Morgan fingerprint density at radius 3 is 2.77 bits per heavy atom. The molecule has 0 radical (unpaired) electrons. The molecule has 0 spiro atoms. The van der Waals surface area contributed by atoms with E-state index in [1.165, 1.54) is 0 Å². The van der Waals surface area contributed by atoms with Gasteiger partial charge >= 0.3 is 0 Å². The van der Waals surface area contributed by atoms with Gasteiger partial charge in [-0.2, -0.15) is 0 Å². The minimum atomic E-state index is 0.201. The van der Waals surface area contributed by atoms with Crippen LogP contribution in [0, 0.1) is 6.92 Å². The molecule has 162 valence electrons. The molecule has 2 aliphatic heterocycles. The fourth-order valence-electron chi connectivity index (χ4n) is 3.91. The number of nitrogens with zero attached hydrogens (tertiary/aromatic N) is 3. The molecule has 4 heterocycles. The first-order valence-corrected chi connectivity index (χ1v) is 10.8. The summed E-state index contributed by atoms with van der Waals surface area (Å²) >= 11 is 6.42. The van der Waals surface area contributed by atoms with Crippen LogP contribution in [0.2, 0.25) is 5.02 Å². The van der Waals surface area contributed by atoms with Crippen molar-refractivity contribution in [3.8, 4) is 23.0 Å². The van der Waals surface area contributed by atoms with Crippen molar-refractivity contribution in [1.82, 2.24) is 14.9 Å². The third-order valence-corrected chi connectivity index (χ3v) is 6.01. The molecule has 0 atom stereocenters. The number of benzene rings is 1. The van der Waals surface area contributed by atoms with Crippen LogP contribution >= 0.6 is 11.6 Å². The largest absolute Gasteiger partial charge is 0.454 e. The molecule has 1 saturated heterocycles. The molecule has 0 unspecified atom stereocenters. The Morgan fingerprint density at radius 1 is 1.19 bits per heavy atom. The van der Waals surface area contributed by atoms with Gasteiger partial charge in [-0.15, -0.1) is 0 Å². The van der Waals surface area contributed by atoms with Crippen molar-refractivity contribution in [2.24, 2.45) is 0 Å². The number of aromatic nitrogens is 2. The van der Waals surface area contributed by atoms with Crippen LogP contribution in [0.1, 0.15) is 29.9 Å². The lowest BCUT2D eigenvalue weighted by Gasteiger charge is -2.31. The van der Waals surface area contributed by atoms with E-state index in [-0.39, 0.29) is 12.9 Å². The first-order chi connectivity index (χ1) is 15.2. The Kier molecular flexibility index (Phi) is 5.80. The third-order valence-electron chi connectivity index (χ3n) is 5.70. The van der Waals surface area contributed by atoms with E-state index in [0.29, 0.717) is 34.6 Å². The van der Waals surface area contributed by atoms with Gasteiger partial charge in [0.1, 0.15) is 5.76 Å². The molecule has 31 heavy (non-hydrogen) atoms. The van der Waals surface area contributed by atoms with Crippen molar-refractivity contribution in [2.75, 3.05) is 19.9 Å². The molecule has 3 aromatic rings. The van der Waals surface area contributed by atoms with Crippen LogP contribution in [0.4, 0.5) is 0 Å².